The van der Waals surface area contributed by atoms with Gasteiger partial charge in [0.1, 0.15) is 0 Å². The van der Waals surface area contributed by atoms with E-state index in [4.69, 9.17) is 0 Å². The monoisotopic (exact) mass is 167 g/mol. The molecule has 0 saturated carbocycles. The molecule has 0 aliphatic carbocycles. The molecule has 0 aromatic heterocycles. The van der Waals surface area contributed by atoms with Gasteiger partial charge in [-0.25, -0.2) is 0 Å². The van der Waals surface area contributed by atoms with E-state index in [0.717, 1.165) is 5.92 Å². The zero-order valence-electron chi connectivity index (χ0n) is 8.56. The van der Waals surface area contributed by atoms with Crippen LogP contribution < -0.4 is 5.32 Å². The SMILES string of the molecule is CC(C)(C)/C=C/C1CCNCC1. The second kappa shape index (κ2) is 4.08. The quantitative estimate of drug-likeness (QED) is 0.592. The molecule has 0 unspecified atom stereocenters. The van der Waals surface area contributed by atoms with Crippen molar-refractivity contribution < 1.29 is 0 Å². The van der Waals surface area contributed by atoms with Gasteiger partial charge in [-0.15, -0.1) is 0 Å². The number of rotatable bonds is 1. The molecule has 1 heterocycles. The summed E-state index contributed by atoms with van der Waals surface area (Å²) < 4.78 is 0. The van der Waals surface area contributed by atoms with Gasteiger partial charge in [0.2, 0.25) is 0 Å². The van der Waals surface area contributed by atoms with Crippen LogP contribution in [0.4, 0.5) is 0 Å². The molecule has 1 aliphatic rings. The molecule has 0 spiro atoms. The lowest BCUT2D eigenvalue weighted by molar-refractivity contribution is 0.430. The van der Waals surface area contributed by atoms with Crippen LogP contribution in [0.5, 0.6) is 0 Å². The largest absolute Gasteiger partial charge is 0.317 e. The van der Waals surface area contributed by atoms with Gasteiger partial charge in [-0.3, -0.25) is 0 Å². The van der Waals surface area contributed by atoms with E-state index < -0.39 is 0 Å². The number of piperidine rings is 1. The second-order valence-corrected chi connectivity index (χ2v) is 4.81. The highest BCUT2D eigenvalue weighted by atomic mass is 14.9. The third-order valence-electron chi connectivity index (χ3n) is 2.25. The van der Waals surface area contributed by atoms with Gasteiger partial charge >= 0.3 is 0 Å². The van der Waals surface area contributed by atoms with Crippen LogP contribution in [0.3, 0.4) is 0 Å². The third kappa shape index (κ3) is 3.91. The molecule has 1 rings (SSSR count). The van der Waals surface area contributed by atoms with Crippen molar-refractivity contribution in [1.82, 2.24) is 5.32 Å². The Kier molecular flexibility index (Phi) is 3.33. The van der Waals surface area contributed by atoms with Gasteiger partial charge in [0.15, 0.2) is 0 Å². The maximum absolute atomic E-state index is 3.38. The number of allylic oxidation sites excluding steroid dienone is 2. The lowest BCUT2D eigenvalue weighted by atomic mass is 9.91. The van der Waals surface area contributed by atoms with E-state index in [9.17, 15) is 0 Å². The molecular weight excluding hydrogens is 146 g/mol. The summed E-state index contributed by atoms with van der Waals surface area (Å²) in [5, 5.41) is 3.38. The number of hydrogen-bond acceptors (Lipinski definition) is 1. The summed E-state index contributed by atoms with van der Waals surface area (Å²) in [6, 6.07) is 0. The predicted octanol–water partition coefficient (Wildman–Crippen LogP) is 2.59. The molecule has 1 fully saturated rings. The van der Waals surface area contributed by atoms with Crippen LogP contribution in [-0.2, 0) is 0 Å². The maximum Gasteiger partial charge on any atom is -0.00433 e. The van der Waals surface area contributed by atoms with Crippen LogP contribution in [0.1, 0.15) is 33.6 Å². The third-order valence-corrected chi connectivity index (χ3v) is 2.25. The fraction of sp³-hybridized carbons (Fsp3) is 0.818. The zero-order valence-corrected chi connectivity index (χ0v) is 8.56. The summed E-state index contributed by atoms with van der Waals surface area (Å²) in [7, 11) is 0. The molecule has 1 nitrogen and oxygen atoms in total. The van der Waals surface area contributed by atoms with Gasteiger partial charge < -0.3 is 5.32 Å². The molecule has 0 atom stereocenters. The van der Waals surface area contributed by atoms with Crippen LogP contribution in [0.2, 0.25) is 0 Å². The average Bonchev–Trinajstić information content (AvgIpc) is 2.02. The lowest BCUT2D eigenvalue weighted by Gasteiger charge is -2.21. The summed E-state index contributed by atoms with van der Waals surface area (Å²) in [6.45, 7) is 9.15. The Labute approximate surface area is 76.2 Å². The number of nitrogens with one attached hydrogen (secondary N) is 1. The molecule has 1 aliphatic heterocycles. The smallest absolute Gasteiger partial charge is 0.00433 e. The summed E-state index contributed by atoms with van der Waals surface area (Å²) in [6.07, 6.45) is 7.38. The van der Waals surface area contributed by atoms with E-state index in [0.29, 0.717) is 5.41 Å². The summed E-state index contributed by atoms with van der Waals surface area (Å²) in [5.74, 6) is 0.825. The highest BCUT2D eigenvalue weighted by molar-refractivity contribution is 4.97. The number of hydrogen-bond donors (Lipinski definition) is 1. The van der Waals surface area contributed by atoms with Crippen LogP contribution in [-0.4, -0.2) is 13.1 Å². The standard InChI is InChI=1S/C11H21N/c1-11(2,3)7-4-10-5-8-12-9-6-10/h4,7,10,12H,5-6,8-9H2,1-3H3/b7-4+. The van der Waals surface area contributed by atoms with E-state index in [1.54, 1.807) is 0 Å². The molecule has 12 heavy (non-hydrogen) atoms. The van der Waals surface area contributed by atoms with E-state index in [-0.39, 0.29) is 0 Å². The van der Waals surface area contributed by atoms with Crippen molar-refractivity contribution in [2.45, 2.75) is 33.6 Å². The minimum atomic E-state index is 0.352. The Morgan fingerprint density at radius 2 is 1.75 bits per heavy atom. The fourth-order valence-corrected chi connectivity index (χ4v) is 1.46. The van der Waals surface area contributed by atoms with Crippen molar-refractivity contribution in [2.75, 3.05) is 13.1 Å². The molecule has 0 amide bonds. The Balaban J connectivity index is 2.33. The first-order valence-electron chi connectivity index (χ1n) is 4.98. The Morgan fingerprint density at radius 3 is 2.25 bits per heavy atom. The van der Waals surface area contributed by atoms with Crippen molar-refractivity contribution >= 4 is 0 Å². The van der Waals surface area contributed by atoms with Crippen LogP contribution >= 0.6 is 0 Å². The zero-order chi connectivity index (χ0) is 9.03. The Hall–Kier alpha value is -0.300. The topological polar surface area (TPSA) is 12.0 Å². The summed E-state index contributed by atoms with van der Waals surface area (Å²) in [5.41, 5.74) is 0.352. The van der Waals surface area contributed by atoms with Gasteiger partial charge in [-0.2, -0.15) is 0 Å². The van der Waals surface area contributed by atoms with Gasteiger partial charge in [-0.05, 0) is 37.3 Å². The molecule has 70 valence electrons. The molecule has 1 N–H and O–H groups in total. The van der Waals surface area contributed by atoms with Gasteiger partial charge in [0.05, 0.1) is 0 Å². The van der Waals surface area contributed by atoms with Crippen LogP contribution in [0, 0.1) is 11.3 Å². The Morgan fingerprint density at radius 1 is 1.17 bits per heavy atom. The summed E-state index contributed by atoms with van der Waals surface area (Å²) in [4.78, 5) is 0. The molecule has 0 aromatic rings. The maximum atomic E-state index is 3.38. The summed E-state index contributed by atoms with van der Waals surface area (Å²) >= 11 is 0. The highest BCUT2D eigenvalue weighted by Crippen LogP contribution is 2.19. The van der Waals surface area contributed by atoms with Gasteiger partial charge in [0, 0.05) is 0 Å². The molecule has 0 radical (unpaired) electrons. The normalized spacial score (nSPS) is 21.9. The minimum Gasteiger partial charge on any atom is -0.317 e. The van der Waals surface area contributed by atoms with Crippen molar-refractivity contribution in [1.29, 1.82) is 0 Å². The average molecular weight is 167 g/mol. The fourth-order valence-electron chi connectivity index (χ4n) is 1.46. The molecular formula is C11H21N. The van der Waals surface area contributed by atoms with Gasteiger partial charge in [0.25, 0.3) is 0 Å². The first kappa shape index (κ1) is 9.79. The van der Waals surface area contributed by atoms with E-state index in [1.165, 1.54) is 25.9 Å². The molecule has 0 aromatic carbocycles. The van der Waals surface area contributed by atoms with E-state index in [1.807, 2.05) is 0 Å². The van der Waals surface area contributed by atoms with Crippen molar-refractivity contribution in [3.05, 3.63) is 12.2 Å². The van der Waals surface area contributed by atoms with E-state index in [2.05, 4.69) is 38.2 Å². The predicted molar refractivity (Wildman–Crippen MR) is 54.2 cm³/mol. The van der Waals surface area contributed by atoms with Crippen LogP contribution in [0.15, 0.2) is 12.2 Å². The van der Waals surface area contributed by atoms with Gasteiger partial charge in [-0.1, -0.05) is 32.9 Å². The molecule has 1 saturated heterocycles. The Bertz CT molecular complexity index is 147. The second-order valence-electron chi connectivity index (χ2n) is 4.81. The molecule has 1 heteroatoms. The molecule has 0 bridgehead atoms. The first-order chi connectivity index (χ1) is 5.58. The first-order valence-corrected chi connectivity index (χ1v) is 4.98. The van der Waals surface area contributed by atoms with Crippen molar-refractivity contribution in [3.63, 3.8) is 0 Å². The lowest BCUT2D eigenvalue weighted by Crippen LogP contribution is -2.26. The van der Waals surface area contributed by atoms with Crippen molar-refractivity contribution in [2.24, 2.45) is 11.3 Å². The highest BCUT2D eigenvalue weighted by Gasteiger charge is 2.11. The van der Waals surface area contributed by atoms with Crippen molar-refractivity contribution in [3.8, 4) is 0 Å². The minimum absolute atomic E-state index is 0.352. The van der Waals surface area contributed by atoms with Crippen LogP contribution in [0.25, 0.3) is 0 Å². The van der Waals surface area contributed by atoms with E-state index >= 15 is 0 Å².